The zero-order chi connectivity index (χ0) is 42.1. The fourth-order valence-corrected chi connectivity index (χ4v) is 14.9. The minimum Gasteiger partial charge on any atom is -0.310 e. The van der Waals surface area contributed by atoms with Crippen molar-refractivity contribution in [1.29, 1.82) is 0 Å². The van der Waals surface area contributed by atoms with E-state index in [1.165, 1.54) is 116 Å². The van der Waals surface area contributed by atoms with Crippen LogP contribution in [0.5, 0.6) is 0 Å². The average molecular weight is 813 g/mol. The Morgan fingerprint density at radius 1 is 0.387 bits per heavy atom. The summed E-state index contributed by atoms with van der Waals surface area (Å²) in [7, 11) is -2.07. The fourth-order valence-electron chi connectivity index (χ4n) is 11.5. The Morgan fingerprint density at radius 2 is 0.903 bits per heavy atom. The Hall–Kier alpha value is -6.94. The van der Waals surface area contributed by atoms with E-state index in [0.29, 0.717) is 0 Å². The molecule has 1 aliphatic heterocycles. The Balaban J connectivity index is 1.12. The predicted molar refractivity (Wildman–Crippen MR) is 269 cm³/mol. The molecule has 0 N–H and O–H groups in total. The number of hydrogen-bond donors (Lipinski definition) is 0. The maximum absolute atomic E-state index is 2.58. The first-order valence-electron chi connectivity index (χ1n) is 22.0. The van der Waals surface area contributed by atoms with Gasteiger partial charge in [0.05, 0.1) is 11.4 Å². The third kappa shape index (κ3) is 5.09. The highest BCUT2D eigenvalue weighted by Crippen LogP contribution is 2.53. The number of aryl methyl sites for hydroxylation is 2. The summed E-state index contributed by atoms with van der Waals surface area (Å²) in [6.07, 6.45) is 0. The molecule has 0 aromatic heterocycles. The fraction of sp³-hybridized carbons (Fsp3) is 0.119. The summed E-state index contributed by atoms with van der Waals surface area (Å²) < 4.78 is 0. The maximum atomic E-state index is 2.58. The van der Waals surface area contributed by atoms with Gasteiger partial charge >= 0.3 is 0 Å². The minimum absolute atomic E-state index is 0.110. The SMILES string of the molecule is Cc1cc(N(c2ccccc2)c2ccc3c(c2)C(C)(C)c2ccccc2-3)c2ccc3c(C)cc(N(c4ccccc4)c4cccc5c4[Si](C)(C)c4ccccc4-5)c4ccc1c2c34. The zero-order valence-corrected chi connectivity index (χ0v) is 37.2. The molecule has 0 bridgehead atoms. The van der Waals surface area contributed by atoms with Crippen molar-refractivity contribution in [3.05, 3.63) is 204 Å². The Labute approximate surface area is 365 Å². The van der Waals surface area contributed by atoms with Gasteiger partial charge in [-0.15, -0.1) is 0 Å². The lowest BCUT2D eigenvalue weighted by Gasteiger charge is -2.33. The van der Waals surface area contributed by atoms with Crippen LogP contribution in [0.15, 0.2) is 182 Å². The summed E-state index contributed by atoms with van der Waals surface area (Å²) in [6.45, 7) is 14.4. The van der Waals surface area contributed by atoms with Crippen molar-refractivity contribution in [2.24, 2.45) is 0 Å². The largest absolute Gasteiger partial charge is 0.310 e. The second kappa shape index (κ2) is 13.3. The van der Waals surface area contributed by atoms with Gasteiger partial charge in [0.1, 0.15) is 8.07 Å². The van der Waals surface area contributed by atoms with Crippen LogP contribution in [0.25, 0.3) is 54.6 Å². The zero-order valence-electron chi connectivity index (χ0n) is 36.2. The van der Waals surface area contributed by atoms with Crippen LogP contribution >= 0.6 is 0 Å². The summed E-state index contributed by atoms with van der Waals surface area (Å²) in [5.41, 5.74) is 17.8. The van der Waals surface area contributed by atoms with Gasteiger partial charge in [-0.2, -0.15) is 0 Å². The van der Waals surface area contributed by atoms with Crippen molar-refractivity contribution in [3.8, 4) is 22.3 Å². The maximum Gasteiger partial charge on any atom is 0.116 e. The van der Waals surface area contributed by atoms with Crippen molar-refractivity contribution in [1.82, 2.24) is 0 Å². The van der Waals surface area contributed by atoms with Crippen molar-refractivity contribution in [3.63, 3.8) is 0 Å². The lowest BCUT2D eigenvalue weighted by atomic mass is 9.82. The van der Waals surface area contributed by atoms with E-state index in [4.69, 9.17) is 0 Å². The molecule has 0 unspecified atom stereocenters. The highest BCUT2D eigenvalue weighted by Gasteiger charge is 2.41. The predicted octanol–water partition coefficient (Wildman–Crippen LogP) is 15.2. The van der Waals surface area contributed by atoms with E-state index in [1.807, 2.05) is 0 Å². The highest BCUT2D eigenvalue weighted by molar-refractivity contribution is 7.04. The second-order valence-corrected chi connectivity index (χ2v) is 22.9. The summed E-state index contributed by atoms with van der Waals surface area (Å²) >= 11 is 0. The van der Waals surface area contributed by atoms with Crippen LogP contribution in [-0.2, 0) is 5.41 Å². The van der Waals surface area contributed by atoms with Crippen molar-refractivity contribution in [2.75, 3.05) is 9.80 Å². The Bertz CT molecular complexity index is 3440. The third-order valence-electron chi connectivity index (χ3n) is 14.4. The van der Waals surface area contributed by atoms with Gasteiger partial charge in [-0.05, 0) is 145 Å². The monoisotopic (exact) mass is 812 g/mol. The standard InChI is InChI=1S/C59H48N2Si/c1-37-34-53(60(39-18-9-7-10-19-39)41-28-29-45-44-22-13-15-25-50(44)59(3,4)51(45)36-41)48-32-30-43-38(2)35-54(49-33-31-42(37)56(48)57(43)49)61(40-20-11-8-12-21-40)52-26-17-24-47-46-23-14-16-27-55(46)62(5,6)58(47)52/h7-36H,1-6H3. The van der Waals surface area contributed by atoms with E-state index in [-0.39, 0.29) is 5.41 Å². The van der Waals surface area contributed by atoms with Crippen molar-refractivity contribution >= 4 is 84.9 Å². The number of fused-ring (bicyclic) bond motifs is 6. The average Bonchev–Trinajstić information content (AvgIpc) is 3.68. The highest BCUT2D eigenvalue weighted by atomic mass is 28.3. The number of nitrogens with zero attached hydrogens (tertiary/aromatic N) is 2. The number of rotatable bonds is 6. The first-order valence-corrected chi connectivity index (χ1v) is 25.0. The molecule has 0 fully saturated rings. The van der Waals surface area contributed by atoms with Gasteiger partial charge < -0.3 is 9.80 Å². The third-order valence-corrected chi connectivity index (χ3v) is 18.0. The van der Waals surface area contributed by atoms with Crippen LogP contribution in [0.1, 0.15) is 36.1 Å². The summed E-state index contributed by atoms with van der Waals surface area (Å²) in [4.78, 5) is 5.08. The molecule has 62 heavy (non-hydrogen) atoms. The molecule has 0 saturated carbocycles. The van der Waals surface area contributed by atoms with Gasteiger partial charge in [-0.1, -0.05) is 154 Å². The molecule has 0 saturated heterocycles. The van der Waals surface area contributed by atoms with Gasteiger partial charge in [-0.25, -0.2) is 0 Å². The first kappa shape index (κ1) is 36.9. The lowest BCUT2D eigenvalue weighted by Crippen LogP contribution is -2.50. The van der Waals surface area contributed by atoms with Gasteiger partial charge in [0, 0.05) is 38.9 Å². The quantitative estimate of drug-likeness (QED) is 0.122. The molecule has 3 heteroatoms. The topological polar surface area (TPSA) is 6.48 Å². The number of para-hydroxylation sites is 2. The molecule has 2 nitrogen and oxygen atoms in total. The Morgan fingerprint density at radius 3 is 1.56 bits per heavy atom. The molecule has 0 spiro atoms. The van der Waals surface area contributed by atoms with Crippen LogP contribution in [0.4, 0.5) is 34.1 Å². The smallest absolute Gasteiger partial charge is 0.116 e. The second-order valence-electron chi connectivity index (χ2n) is 18.6. The van der Waals surface area contributed by atoms with E-state index in [2.05, 4.69) is 233 Å². The summed E-state index contributed by atoms with van der Waals surface area (Å²) in [6, 6.07) is 68.6. The van der Waals surface area contributed by atoms with Gasteiger partial charge in [0.2, 0.25) is 0 Å². The molecule has 10 aromatic rings. The molecular formula is C59H48N2Si. The van der Waals surface area contributed by atoms with Crippen LogP contribution in [0, 0.1) is 13.8 Å². The normalized spacial score (nSPS) is 14.2. The number of anilines is 6. The molecule has 298 valence electrons. The molecule has 1 aliphatic carbocycles. The molecule has 1 heterocycles. The summed E-state index contributed by atoms with van der Waals surface area (Å²) in [5.74, 6) is 0. The molecule has 10 aromatic carbocycles. The number of benzene rings is 10. The van der Waals surface area contributed by atoms with E-state index in [9.17, 15) is 0 Å². The van der Waals surface area contributed by atoms with E-state index in [1.54, 1.807) is 0 Å². The van der Waals surface area contributed by atoms with Gasteiger partial charge in [0.15, 0.2) is 0 Å². The summed E-state index contributed by atoms with van der Waals surface area (Å²) in [5, 5.41) is 10.8. The Kier molecular flexibility index (Phi) is 7.90. The van der Waals surface area contributed by atoms with Crippen molar-refractivity contribution in [2.45, 2.75) is 46.2 Å². The van der Waals surface area contributed by atoms with E-state index >= 15 is 0 Å². The molecule has 0 amide bonds. The van der Waals surface area contributed by atoms with E-state index < -0.39 is 8.07 Å². The van der Waals surface area contributed by atoms with Crippen LogP contribution in [0.3, 0.4) is 0 Å². The lowest BCUT2D eigenvalue weighted by molar-refractivity contribution is 0.660. The van der Waals surface area contributed by atoms with Crippen LogP contribution in [-0.4, -0.2) is 8.07 Å². The number of hydrogen-bond acceptors (Lipinski definition) is 2. The molecular weight excluding hydrogens is 765 g/mol. The van der Waals surface area contributed by atoms with Crippen molar-refractivity contribution < 1.29 is 0 Å². The minimum atomic E-state index is -2.07. The first-order chi connectivity index (χ1) is 30.1. The molecule has 0 atom stereocenters. The molecule has 0 radical (unpaired) electrons. The van der Waals surface area contributed by atoms with Crippen LogP contribution < -0.4 is 20.2 Å². The van der Waals surface area contributed by atoms with E-state index in [0.717, 1.165) is 5.69 Å². The van der Waals surface area contributed by atoms with Gasteiger partial charge in [-0.3, -0.25) is 0 Å². The van der Waals surface area contributed by atoms with Gasteiger partial charge in [0.25, 0.3) is 0 Å². The molecule has 12 rings (SSSR count). The molecule has 2 aliphatic rings. The van der Waals surface area contributed by atoms with Crippen LogP contribution in [0.2, 0.25) is 13.1 Å².